The van der Waals surface area contributed by atoms with Gasteiger partial charge in [0.1, 0.15) is 5.82 Å². The second-order valence-corrected chi connectivity index (χ2v) is 3.32. The standard InChI is InChI=1S/C10H17N5O/c1-16-7-6-15(5-2-9(11)12)10-8-13-3-4-14-10/h3-4,8H,2,5-7H2,1H3,(H3,11,12). The lowest BCUT2D eigenvalue weighted by Gasteiger charge is -2.22. The molecule has 3 N–H and O–H groups in total. The van der Waals surface area contributed by atoms with Gasteiger partial charge in [-0.25, -0.2) is 4.98 Å². The molecule has 1 heterocycles. The molecule has 88 valence electrons. The predicted octanol–water partition coefficient (Wildman–Crippen LogP) is 0.255. The van der Waals surface area contributed by atoms with Crippen LogP contribution in [0.3, 0.4) is 0 Å². The number of ether oxygens (including phenoxy) is 1. The van der Waals surface area contributed by atoms with Crippen molar-refractivity contribution in [3.63, 3.8) is 0 Å². The first-order valence-corrected chi connectivity index (χ1v) is 5.07. The highest BCUT2D eigenvalue weighted by atomic mass is 16.5. The number of methoxy groups -OCH3 is 1. The number of anilines is 1. The minimum Gasteiger partial charge on any atom is -0.388 e. The maximum Gasteiger partial charge on any atom is 0.147 e. The number of rotatable bonds is 7. The van der Waals surface area contributed by atoms with Crippen molar-refractivity contribution < 1.29 is 4.74 Å². The summed E-state index contributed by atoms with van der Waals surface area (Å²) in [5.74, 6) is 0.951. The molecule has 0 aromatic carbocycles. The number of amidine groups is 1. The molecule has 1 aromatic rings. The zero-order valence-corrected chi connectivity index (χ0v) is 9.39. The molecule has 0 aliphatic rings. The number of nitrogens with two attached hydrogens (primary N) is 1. The van der Waals surface area contributed by atoms with E-state index < -0.39 is 0 Å². The van der Waals surface area contributed by atoms with E-state index in [-0.39, 0.29) is 5.84 Å². The molecule has 1 aromatic heterocycles. The first-order valence-electron chi connectivity index (χ1n) is 5.07. The summed E-state index contributed by atoms with van der Waals surface area (Å²) in [5, 5.41) is 7.21. The Balaban J connectivity index is 2.59. The van der Waals surface area contributed by atoms with Crippen molar-refractivity contribution in [1.29, 1.82) is 5.41 Å². The average molecular weight is 223 g/mol. The third-order valence-corrected chi connectivity index (χ3v) is 2.09. The molecule has 6 nitrogen and oxygen atoms in total. The predicted molar refractivity (Wildman–Crippen MR) is 62.7 cm³/mol. The molecule has 0 atom stereocenters. The zero-order chi connectivity index (χ0) is 11.8. The van der Waals surface area contributed by atoms with Crippen molar-refractivity contribution in [3.8, 4) is 0 Å². The maximum atomic E-state index is 7.21. The van der Waals surface area contributed by atoms with Gasteiger partial charge in [-0.1, -0.05) is 0 Å². The van der Waals surface area contributed by atoms with Crippen LogP contribution in [0.5, 0.6) is 0 Å². The largest absolute Gasteiger partial charge is 0.388 e. The van der Waals surface area contributed by atoms with Crippen LogP contribution in [0, 0.1) is 5.41 Å². The summed E-state index contributed by atoms with van der Waals surface area (Å²) in [6.07, 6.45) is 5.47. The Kier molecular flexibility index (Phi) is 5.21. The summed E-state index contributed by atoms with van der Waals surface area (Å²) in [6.45, 7) is 1.97. The third kappa shape index (κ3) is 4.22. The average Bonchev–Trinajstić information content (AvgIpc) is 2.30. The van der Waals surface area contributed by atoms with Crippen LogP contribution in [0.15, 0.2) is 18.6 Å². The lowest BCUT2D eigenvalue weighted by atomic mass is 10.3. The fourth-order valence-electron chi connectivity index (χ4n) is 1.25. The van der Waals surface area contributed by atoms with Crippen molar-refractivity contribution in [3.05, 3.63) is 18.6 Å². The Morgan fingerprint density at radius 2 is 2.31 bits per heavy atom. The molecule has 0 radical (unpaired) electrons. The first kappa shape index (κ1) is 12.4. The lowest BCUT2D eigenvalue weighted by Crippen LogP contribution is -2.31. The monoisotopic (exact) mass is 223 g/mol. The second kappa shape index (κ2) is 6.73. The highest BCUT2D eigenvalue weighted by Gasteiger charge is 2.07. The number of nitrogens with zero attached hydrogens (tertiary/aromatic N) is 3. The van der Waals surface area contributed by atoms with Gasteiger partial charge in [0.05, 0.1) is 18.6 Å². The number of nitrogens with one attached hydrogen (secondary N) is 1. The minimum atomic E-state index is 0.173. The lowest BCUT2D eigenvalue weighted by molar-refractivity contribution is 0.205. The van der Waals surface area contributed by atoms with Crippen LogP contribution in [-0.2, 0) is 4.74 Å². The fourth-order valence-corrected chi connectivity index (χ4v) is 1.25. The van der Waals surface area contributed by atoms with Crippen LogP contribution in [-0.4, -0.2) is 42.6 Å². The number of hydrogen-bond acceptors (Lipinski definition) is 5. The van der Waals surface area contributed by atoms with E-state index in [0.717, 1.165) is 5.82 Å². The molecule has 0 aliphatic heterocycles. The summed E-state index contributed by atoms with van der Waals surface area (Å²) in [6, 6.07) is 0. The summed E-state index contributed by atoms with van der Waals surface area (Å²) in [4.78, 5) is 10.2. The summed E-state index contributed by atoms with van der Waals surface area (Å²) >= 11 is 0. The van der Waals surface area contributed by atoms with E-state index in [0.29, 0.717) is 26.1 Å². The molecule has 0 aliphatic carbocycles. The van der Waals surface area contributed by atoms with E-state index in [1.54, 1.807) is 25.7 Å². The van der Waals surface area contributed by atoms with E-state index in [9.17, 15) is 0 Å². The summed E-state index contributed by atoms with van der Waals surface area (Å²) in [7, 11) is 1.65. The fraction of sp³-hybridized carbons (Fsp3) is 0.500. The highest BCUT2D eigenvalue weighted by Crippen LogP contribution is 2.07. The van der Waals surface area contributed by atoms with Crippen LogP contribution in [0.1, 0.15) is 6.42 Å². The van der Waals surface area contributed by atoms with Crippen molar-refractivity contribution >= 4 is 11.7 Å². The quantitative estimate of drug-likeness (QED) is 0.511. The summed E-state index contributed by atoms with van der Waals surface area (Å²) in [5.41, 5.74) is 5.34. The molecule has 0 unspecified atom stereocenters. The molecule has 0 spiro atoms. The number of aromatic nitrogens is 2. The third-order valence-electron chi connectivity index (χ3n) is 2.09. The normalized spacial score (nSPS) is 10.1. The smallest absolute Gasteiger partial charge is 0.147 e. The van der Waals surface area contributed by atoms with Crippen molar-refractivity contribution in [2.75, 3.05) is 31.7 Å². The van der Waals surface area contributed by atoms with Crippen molar-refractivity contribution in [1.82, 2.24) is 9.97 Å². The molecule has 0 saturated carbocycles. The van der Waals surface area contributed by atoms with Gasteiger partial charge < -0.3 is 15.4 Å². The van der Waals surface area contributed by atoms with Crippen molar-refractivity contribution in [2.45, 2.75) is 6.42 Å². The molecule has 0 saturated heterocycles. The Morgan fingerprint density at radius 1 is 1.50 bits per heavy atom. The molecule has 0 fully saturated rings. The van der Waals surface area contributed by atoms with Gasteiger partial charge in [-0.2, -0.15) is 0 Å². The van der Waals surface area contributed by atoms with E-state index in [1.165, 1.54) is 0 Å². The molecule has 0 amide bonds. The SMILES string of the molecule is COCCN(CCC(=N)N)c1cnccn1. The molecular formula is C10H17N5O. The van der Waals surface area contributed by atoms with Crippen LogP contribution < -0.4 is 10.6 Å². The molecule has 16 heavy (non-hydrogen) atoms. The Morgan fingerprint density at radius 3 is 2.88 bits per heavy atom. The molecule has 1 rings (SSSR count). The minimum absolute atomic E-state index is 0.173. The van der Waals surface area contributed by atoms with E-state index >= 15 is 0 Å². The Bertz CT molecular complexity index is 316. The van der Waals surface area contributed by atoms with E-state index in [1.807, 2.05) is 4.90 Å². The van der Waals surface area contributed by atoms with Crippen LogP contribution in [0.2, 0.25) is 0 Å². The molecule has 0 bridgehead atoms. The Labute approximate surface area is 95.0 Å². The van der Waals surface area contributed by atoms with Gasteiger partial charge >= 0.3 is 0 Å². The topological polar surface area (TPSA) is 88.1 Å². The second-order valence-electron chi connectivity index (χ2n) is 3.32. The van der Waals surface area contributed by atoms with Gasteiger partial charge in [0.2, 0.25) is 0 Å². The first-order chi connectivity index (χ1) is 7.74. The van der Waals surface area contributed by atoms with Gasteiger partial charge in [-0.05, 0) is 0 Å². The van der Waals surface area contributed by atoms with Gasteiger partial charge in [0.15, 0.2) is 0 Å². The van der Waals surface area contributed by atoms with Gasteiger partial charge in [0, 0.05) is 39.0 Å². The van der Waals surface area contributed by atoms with E-state index in [4.69, 9.17) is 15.9 Å². The highest BCUT2D eigenvalue weighted by molar-refractivity contribution is 5.77. The van der Waals surface area contributed by atoms with Crippen LogP contribution in [0.4, 0.5) is 5.82 Å². The van der Waals surface area contributed by atoms with Crippen LogP contribution >= 0.6 is 0 Å². The van der Waals surface area contributed by atoms with Crippen molar-refractivity contribution in [2.24, 2.45) is 5.73 Å². The van der Waals surface area contributed by atoms with Gasteiger partial charge in [-0.3, -0.25) is 10.4 Å². The maximum absolute atomic E-state index is 7.21. The van der Waals surface area contributed by atoms with E-state index in [2.05, 4.69) is 9.97 Å². The molecule has 6 heteroatoms. The van der Waals surface area contributed by atoms with Gasteiger partial charge in [-0.15, -0.1) is 0 Å². The Hall–Kier alpha value is -1.69. The zero-order valence-electron chi connectivity index (χ0n) is 9.39. The molecular weight excluding hydrogens is 206 g/mol. The van der Waals surface area contributed by atoms with Gasteiger partial charge in [0.25, 0.3) is 0 Å². The van der Waals surface area contributed by atoms with Crippen LogP contribution in [0.25, 0.3) is 0 Å². The summed E-state index contributed by atoms with van der Waals surface area (Å²) < 4.78 is 5.03. The number of hydrogen-bond donors (Lipinski definition) is 2.